The molecule has 0 radical (unpaired) electrons. The molecule has 3 N–H and O–H groups in total. The van der Waals surface area contributed by atoms with Crippen molar-refractivity contribution in [2.75, 3.05) is 11.9 Å². The van der Waals surface area contributed by atoms with Crippen molar-refractivity contribution in [2.24, 2.45) is 5.73 Å². The highest BCUT2D eigenvalue weighted by Crippen LogP contribution is 2.26. The second-order valence-corrected chi connectivity index (χ2v) is 4.82. The Kier molecular flexibility index (Phi) is 6.48. The van der Waals surface area contributed by atoms with E-state index in [2.05, 4.69) is 10.1 Å². The van der Waals surface area contributed by atoms with Gasteiger partial charge in [-0.3, -0.25) is 4.79 Å². The summed E-state index contributed by atoms with van der Waals surface area (Å²) in [7, 11) is 0. The summed E-state index contributed by atoms with van der Waals surface area (Å²) in [6.07, 6.45) is -2.84. The highest BCUT2D eigenvalue weighted by Gasteiger charge is 2.28. The van der Waals surface area contributed by atoms with Crippen molar-refractivity contribution >= 4 is 11.6 Å². The number of halogens is 3. The van der Waals surface area contributed by atoms with Gasteiger partial charge in [0.2, 0.25) is 5.91 Å². The number of ether oxygens (including phenoxy) is 1. The summed E-state index contributed by atoms with van der Waals surface area (Å²) in [6.45, 7) is 0.447. The van der Waals surface area contributed by atoms with Gasteiger partial charge in [0.05, 0.1) is 5.69 Å². The molecule has 7 heteroatoms. The van der Waals surface area contributed by atoms with Crippen molar-refractivity contribution in [1.29, 1.82) is 0 Å². The number of hydrogen-bond donors (Lipinski definition) is 2. The predicted octanol–water partition coefficient (Wildman–Crippen LogP) is 3.08. The van der Waals surface area contributed by atoms with Crippen LogP contribution in [0.5, 0.6) is 5.75 Å². The lowest BCUT2D eigenvalue weighted by Crippen LogP contribution is -2.20. The maximum Gasteiger partial charge on any atom is 0.422 e. The highest BCUT2D eigenvalue weighted by molar-refractivity contribution is 5.92. The number of nitrogens with one attached hydrogen (secondary N) is 1. The Hall–Kier alpha value is -1.76. The van der Waals surface area contributed by atoms with Crippen LogP contribution in [0.1, 0.15) is 26.2 Å². The van der Waals surface area contributed by atoms with Gasteiger partial charge < -0.3 is 15.8 Å². The standard InChI is InChI=1S/C14H19F3N2O2/c1-10(18)5-4-8-13(20)19-11-6-2-3-7-12(11)21-9-14(15,16)17/h2-3,6-7,10H,4-5,8-9,18H2,1H3,(H,19,20). The lowest BCUT2D eigenvalue weighted by molar-refractivity contribution is -0.153. The van der Waals surface area contributed by atoms with E-state index >= 15 is 0 Å². The molecule has 21 heavy (non-hydrogen) atoms. The van der Waals surface area contributed by atoms with Gasteiger partial charge in [-0.2, -0.15) is 13.2 Å². The number of anilines is 1. The molecule has 0 aromatic heterocycles. The summed E-state index contributed by atoms with van der Waals surface area (Å²) in [5, 5.41) is 2.55. The highest BCUT2D eigenvalue weighted by atomic mass is 19.4. The molecule has 1 atom stereocenters. The molecule has 0 aliphatic heterocycles. The fourth-order valence-corrected chi connectivity index (χ4v) is 1.65. The Morgan fingerprint density at radius 3 is 2.67 bits per heavy atom. The number of hydrogen-bond acceptors (Lipinski definition) is 3. The molecule has 1 amide bonds. The second kappa shape index (κ2) is 7.87. The summed E-state index contributed by atoms with van der Waals surface area (Å²) in [4.78, 5) is 11.7. The molecular weight excluding hydrogens is 285 g/mol. The van der Waals surface area contributed by atoms with Crippen LogP contribution in [0.3, 0.4) is 0 Å². The van der Waals surface area contributed by atoms with Crippen LogP contribution in [-0.4, -0.2) is 24.7 Å². The smallest absolute Gasteiger partial charge is 0.422 e. The molecule has 1 aromatic carbocycles. The summed E-state index contributed by atoms with van der Waals surface area (Å²) in [5.41, 5.74) is 5.81. The van der Waals surface area contributed by atoms with Crippen LogP contribution in [0.25, 0.3) is 0 Å². The molecular formula is C14H19F3N2O2. The summed E-state index contributed by atoms with van der Waals surface area (Å²) >= 11 is 0. The van der Waals surface area contributed by atoms with E-state index in [9.17, 15) is 18.0 Å². The van der Waals surface area contributed by atoms with Crippen molar-refractivity contribution < 1.29 is 22.7 Å². The van der Waals surface area contributed by atoms with Crippen LogP contribution in [0.4, 0.5) is 18.9 Å². The molecule has 0 saturated heterocycles. The predicted molar refractivity (Wildman–Crippen MR) is 74.1 cm³/mol. The maximum absolute atomic E-state index is 12.2. The first kappa shape index (κ1) is 17.3. The molecule has 1 rings (SSSR count). The van der Waals surface area contributed by atoms with Crippen LogP contribution < -0.4 is 15.8 Å². The first-order valence-electron chi connectivity index (χ1n) is 6.62. The van der Waals surface area contributed by atoms with Gasteiger partial charge in [-0.25, -0.2) is 0 Å². The number of benzene rings is 1. The minimum Gasteiger partial charge on any atom is -0.482 e. The van der Waals surface area contributed by atoms with Crippen LogP contribution in [0, 0.1) is 0 Å². The van der Waals surface area contributed by atoms with E-state index in [1.165, 1.54) is 18.2 Å². The number of carbonyl (C=O) groups is 1. The average molecular weight is 304 g/mol. The minimum atomic E-state index is -4.42. The SMILES string of the molecule is CC(N)CCCC(=O)Nc1ccccc1OCC(F)(F)F. The van der Waals surface area contributed by atoms with Crippen molar-refractivity contribution in [3.8, 4) is 5.75 Å². The van der Waals surface area contributed by atoms with Crippen LogP contribution in [0.2, 0.25) is 0 Å². The number of carbonyl (C=O) groups excluding carboxylic acids is 1. The quantitative estimate of drug-likeness (QED) is 0.813. The van der Waals surface area contributed by atoms with Gasteiger partial charge in [-0.05, 0) is 31.9 Å². The number of nitrogens with two attached hydrogens (primary N) is 1. The summed E-state index contributed by atoms with van der Waals surface area (Å²) in [5.74, 6) is -0.283. The lowest BCUT2D eigenvalue weighted by Gasteiger charge is -2.13. The zero-order valence-electron chi connectivity index (χ0n) is 11.7. The van der Waals surface area contributed by atoms with Crippen molar-refractivity contribution in [1.82, 2.24) is 0 Å². The van der Waals surface area contributed by atoms with Crippen LogP contribution in [-0.2, 0) is 4.79 Å². The molecule has 0 heterocycles. The zero-order chi connectivity index (χ0) is 15.9. The Morgan fingerprint density at radius 1 is 1.38 bits per heavy atom. The Morgan fingerprint density at radius 2 is 2.05 bits per heavy atom. The van der Waals surface area contributed by atoms with Crippen molar-refractivity contribution in [2.45, 2.75) is 38.4 Å². The van der Waals surface area contributed by atoms with Crippen LogP contribution >= 0.6 is 0 Å². The average Bonchev–Trinajstić information content (AvgIpc) is 2.36. The zero-order valence-corrected chi connectivity index (χ0v) is 11.7. The molecule has 1 aromatic rings. The largest absolute Gasteiger partial charge is 0.482 e. The van der Waals surface area contributed by atoms with Gasteiger partial charge >= 0.3 is 6.18 Å². The van der Waals surface area contributed by atoms with E-state index in [-0.39, 0.29) is 29.8 Å². The normalized spacial score (nSPS) is 12.8. The van der Waals surface area contributed by atoms with E-state index in [4.69, 9.17) is 5.73 Å². The number of amides is 1. The van der Waals surface area contributed by atoms with Crippen molar-refractivity contribution in [3.63, 3.8) is 0 Å². The van der Waals surface area contributed by atoms with Gasteiger partial charge in [0.15, 0.2) is 6.61 Å². The summed E-state index contributed by atoms with van der Waals surface area (Å²) < 4.78 is 41.1. The lowest BCUT2D eigenvalue weighted by atomic mass is 10.1. The van der Waals surface area contributed by atoms with E-state index in [1.54, 1.807) is 6.07 Å². The van der Waals surface area contributed by atoms with E-state index in [0.717, 1.165) is 0 Å². The monoisotopic (exact) mass is 304 g/mol. The fraction of sp³-hybridized carbons (Fsp3) is 0.500. The molecule has 4 nitrogen and oxygen atoms in total. The van der Waals surface area contributed by atoms with Gasteiger partial charge in [0, 0.05) is 12.5 Å². The Labute approximate surface area is 121 Å². The Bertz CT molecular complexity index is 462. The third-order valence-corrected chi connectivity index (χ3v) is 2.62. The molecule has 1 unspecified atom stereocenters. The molecule has 0 saturated carbocycles. The number of para-hydroxylation sites is 2. The molecule has 0 fully saturated rings. The number of rotatable bonds is 7. The molecule has 0 aliphatic carbocycles. The van der Waals surface area contributed by atoms with Gasteiger partial charge in [-0.1, -0.05) is 12.1 Å². The third-order valence-electron chi connectivity index (χ3n) is 2.62. The first-order chi connectivity index (χ1) is 9.78. The molecule has 0 spiro atoms. The molecule has 0 aliphatic rings. The van der Waals surface area contributed by atoms with E-state index in [1.807, 2.05) is 6.92 Å². The van der Waals surface area contributed by atoms with Crippen LogP contribution in [0.15, 0.2) is 24.3 Å². The topological polar surface area (TPSA) is 64.4 Å². The third kappa shape index (κ3) is 7.55. The van der Waals surface area contributed by atoms with E-state index in [0.29, 0.717) is 12.8 Å². The van der Waals surface area contributed by atoms with Gasteiger partial charge in [-0.15, -0.1) is 0 Å². The summed E-state index contributed by atoms with van der Waals surface area (Å²) in [6, 6.07) is 6.04. The van der Waals surface area contributed by atoms with E-state index < -0.39 is 12.8 Å². The van der Waals surface area contributed by atoms with Crippen molar-refractivity contribution in [3.05, 3.63) is 24.3 Å². The molecule has 118 valence electrons. The minimum absolute atomic E-state index is 0.00429. The Balaban J connectivity index is 2.56. The number of alkyl halides is 3. The first-order valence-corrected chi connectivity index (χ1v) is 6.62. The van der Waals surface area contributed by atoms with Gasteiger partial charge in [0.1, 0.15) is 5.75 Å². The molecule has 0 bridgehead atoms. The second-order valence-electron chi connectivity index (χ2n) is 4.82. The van der Waals surface area contributed by atoms with Gasteiger partial charge in [0.25, 0.3) is 0 Å². The maximum atomic E-state index is 12.2. The fourth-order valence-electron chi connectivity index (χ4n) is 1.65.